The molecule has 4 heteroatoms. The lowest BCUT2D eigenvalue weighted by Gasteiger charge is -2.35. The van der Waals surface area contributed by atoms with Crippen LogP contribution in [0.2, 0.25) is 0 Å². The zero-order valence-electron chi connectivity index (χ0n) is 14.9. The number of nitrogens with zero attached hydrogens (tertiary/aromatic N) is 2. The quantitative estimate of drug-likeness (QED) is 0.807. The van der Waals surface area contributed by atoms with Gasteiger partial charge in [0, 0.05) is 42.7 Å². The van der Waals surface area contributed by atoms with Crippen LogP contribution in [0.3, 0.4) is 0 Å². The number of benzene rings is 1. The molecule has 0 bridgehead atoms. The monoisotopic (exact) mass is 354 g/mol. The molecule has 1 amide bonds. The van der Waals surface area contributed by atoms with Crippen molar-refractivity contribution in [1.29, 1.82) is 0 Å². The van der Waals surface area contributed by atoms with Gasteiger partial charge in [0.15, 0.2) is 0 Å². The number of fused-ring (bicyclic) bond motifs is 1. The van der Waals surface area contributed by atoms with Gasteiger partial charge in [-0.3, -0.25) is 9.69 Å². The van der Waals surface area contributed by atoms with E-state index in [0.29, 0.717) is 6.04 Å². The van der Waals surface area contributed by atoms with Crippen molar-refractivity contribution in [2.75, 3.05) is 19.6 Å². The van der Waals surface area contributed by atoms with Gasteiger partial charge < -0.3 is 4.90 Å². The minimum absolute atomic E-state index is 0.191. The number of carbonyl (C=O) groups is 1. The normalized spacial score (nSPS) is 20.7. The van der Waals surface area contributed by atoms with Crippen LogP contribution >= 0.6 is 11.3 Å². The van der Waals surface area contributed by atoms with Crippen molar-refractivity contribution in [3.63, 3.8) is 0 Å². The highest BCUT2D eigenvalue weighted by Crippen LogP contribution is 2.36. The first kappa shape index (κ1) is 16.8. The Kier molecular flexibility index (Phi) is 4.91. The molecule has 1 fully saturated rings. The molecule has 3 nitrogen and oxygen atoms in total. The number of hydrogen-bond donors (Lipinski definition) is 0. The molecule has 132 valence electrons. The van der Waals surface area contributed by atoms with Gasteiger partial charge in [-0.2, -0.15) is 0 Å². The second kappa shape index (κ2) is 7.30. The van der Waals surface area contributed by atoms with Crippen molar-refractivity contribution in [3.05, 3.63) is 57.3 Å². The molecular weight excluding hydrogens is 328 g/mol. The SMILES string of the molecule is CCC1c2ccsc2CCN1Cc1ccc(C(=O)N2CCCC2)cc1. The Morgan fingerprint density at radius 2 is 1.88 bits per heavy atom. The summed E-state index contributed by atoms with van der Waals surface area (Å²) in [6.07, 6.45) is 4.59. The first-order valence-electron chi connectivity index (χ1n) is 9.45. The van der Waals surface area contributed by atoms with Crippen LogP contribution in [0.4, 0.5) is 0 Å². The van der Waals surface area contributed by atoms with E-state index in [9.17, 15) is 4.79 Å². The van der Waals surface area contributed by atoms with Gasteiger partial charge in [0.2, 0.25) is 0 Å². The maximum absolute atomic E-state index is 12.5. The molecule has 0 N–H and O–H groups in total. The number of hydrogen-bond acceptors (Lipinski definition) is 3. The second-order valence-corrected chi connectivity index (χ2v) is 8.14. The Morgan fingerprint density at radius 3 is 2.60 bits per heavy atom. The highest BCUT2D eigenvalue weighted by molar-refractivity contribution is 7.10. The van der Waals surface area contributed by atoms with Gasteiger partial charge in [-0.15, -0.1) is 11.3 Å². The third kappa shape index (κ3) is 3.38. The molecule has 0 radical (unpaired) electrons. The Bertz CT molecular complexity index is 731. The smallest absolute Gasteiger partial charge is 0.253 e. The minimum Gasteiger partial charge on any atom is -0.339 e. The summed E-state index contributed by atoms with van der Waals surface area (Å²) in [5.74, 6) is 0.191. The molecule has 3 heterocycles. The van der Waals surface area contributed by atoms with E-state index < -0.39 is 0 Å². The summed E-state index contributed by atoms with van der Waals surface area (Å²) in [5.41, 5.74) is 3.66. The van der Waals surface area contributed by atoms with Gasteiger partial charge in [-0.1, -0.05) is 19.1 Å². The van der Waals surface area contributed by atoms with Crippen molar-refractivity contribution in [3.8, 4) is 0 Å². The van der Waals surface area contributed by atoms with E-state index in [1.165, 1.54) is 11.1 Å². The zero-order chi connectivity index (χ0) is 17.2. The summed E-state index contributed by atoms with van der Waals surface area (Å²) in [5, 5.41) is 2.23. The number of carbonyl (C=O) groups excluding carboxylic acids is 1. The van der Waals surface area contributed by atoms with E-state index in [0.717, 1.165) is 57.4 Å². The van der Waals surface area contributed by atoms with Crippen molar-refractivity contribution in [2.45, 2.75) is 45.2 Å². The number of thiophene rings is 1. The second-order valence-electron chi connectivity index (χ2n) is 7.14. The van der Waals surface area contributed by atoms with Gasteiger partial charge >= 0.3 is 0 Å². The molecule has 2 aliphatic rings. The average molecular weight is 355 g/mol. The minimum atomic E-state index is 0.191. The van der Waals surface area contributed by atoms with Crippen LogP contribution < -0.4 is 0 Å². The highest BCUT2D eigenvalue weighted by atomic mass is 32.1. The van der Waals surface area contributed by atoms with Crippen LogP contribution in [0.5, 0.6) is 0 Å². The van der Waals surface area contributed by atoms with Crippen LogP contribution in [0.1, 0.15) is 58.6 Å². The van der Waals surface area contributed by atoms with E-state index in [1.54, 1.807) is 4.88 Å². The summed E-state index contributed by atoms with van der Waals surface area (Å²) in [4.78, 5) is 18.6. The van der Waals surface area contributed by atoms with E-state index in [4.69, 9.17) is 0 Å². The predicted octanol–water partition coefficient (Wildman–Crippen LogP) is 4.49. The maximum Gasteiger partial charge on any atom is 0.253 e. The van der Waals surface area contributed by atoms with Gasteiger partial charge in [0.25, 0.3) is 5.91 Å². The van der Waals surface area contributed by atoms with Crippen LogP contribution in [0, 0.1) is 0 Å². The van der Waals surface area contributed by atoms with E-state index in [2.05, 4.69) is 35.4 Å². The molecule has 0 spiro atoms. The Balaban J connectivity index is 1.45. The summed E-state index contributed by atoms with van der Waals surface area (Å²) in [7, 11) is 0. The number of likely N-dealkylation sites (tertiary alicyclic amines) is 1. The van der Waals surface area contributed by atoms with Crippen LogP contribution in [0.25, 0.3) is 0 Å². The van der Waals surface area contributed by atoms with Gasteiger partial charge in [0.1, 0.15) is 0 Å². The first-order chi connectivity index (χ1) is 12.3. The Labute approximate surface area is 154 Å². The lowest BCUT2D eigenvalue weighted by Crippen LogP contribution is -2.34. The first-order valence-corrected chi connectivity index (χ1v) is 10.3. The maximum atomic E-state index is 12.5. The molecular formula is C21H26N2OS. The number of rotatable bonds is 4. The molecule has 1 aromatic heterocycles. The topological polar surface area (TPSA) is 23.6 Å². The largest absolute Gasteiger partial charge is 0.339 e. The van der Waals surface area contributed by atoms with Gasteiger partial charge in [0.05, 0.1) is 0 Å². The van der Waals surface area contributed by atoms with E-state index in [1.807, 2.05) is 28.4 Å². The molecule has 1 atom stereocenters. The fourth-order valence-electron chi connectivity index (χ4n) is 4.21. The summed E-state index contributed by atoms with van der Waals surface area (Å²) in [6, 6.07) is 11.1. The highest BCUT2D eigenvalue weighted by Gasteiger charge is 2.27. The standard InChI is InChI=1S/C21H26N2OS/c1-2-19-18-10-14-25-20(18)9-13-23(19)15-16-5-7-17(8-6-16)21(24)22-11-3-4-12-22/h5-8,10,14,19H,2-4,9,11-13,15H2,1H3. The van der Waals surface area contributed by atoms with Crippen molar-refractivity contribution in [1.82, 2.24) is 9.80 Å². The van der Waals surface area contributed by atoms with Crippen molar-refractivity contribution >= 4 is 17.2 Å². The molecule has 4 rings (SSSR count). The molecule has 2 aromatic rings. The number of amides is 1. The lowest BCUT2D eigenvalue weighted by molar-refractivity contribution is 0.0793. The summed E-state index contributed by atoms with van der Waals surface area (Å²) < 4.78 is 0. The van der Waals surface area contributed by atoms with Crippen LogP contribution in [-0.4, -0.2) is 35.3 Å². The van der Waals surface area contributed by atoms with Crippen molar-refractivity contribution in [2.24, 2.45) is 0 Å². The molecule has 0 saturated carbocycles. The third-order valence-electron chi connectivity index (χ3n) is 5.57. The third-order valence-corrected chi connectivity index (χ3v) is 6.57. The molecule has 2 aliphatic heterocycles. The van der Waals surface area contributed by atoms with Gasteiger partial charge in [-0.05, 0) is 60.4 Å². The molecule has 25 heavy (non-hydrogen) atoms. The lowest BCUT2D eigenvalue weighted by atomic mass is 9.97. The molecule has 0 aliphatic carbocycles. The van der Waals surface area contributed by atoms with Crippen LogP contribution in [0.15, 0.2) is 35.7 Å². The fourth-order valence-corrected chi connectivity index (χ4v) is 5.13. The summed E-state index contributed by atoms with van der Waals surface area (Å²) >= 11 is 1.90. The Hall–Kier alpha value is -1.65. The van der Waals surface area contributed by atoms with E-state index in [-0.39, 0.29) is 5.91 Å². The van der Waals surface area contributed by atoms with Crippen molar-refractivity contribution < 1.29 is 4.79 Å². The molecule has 1 unspecified atom stereocenters. The van der Waals surface area contributed by atoms with Gasteiger partial charge in [-0.25, -0.2) is 0 Å². The van der Waals surface area contributed by atoms with Crippen LogP contribution in [-0.2, 0) is 13.0 Å². The predicted molar refractivity (Wildman–Crippen MR) is 103 cm³/mol. The average Bonchev–Trinajstić information content (AvgIpc) is 3.33. The molecule has 1 saturated heterocycles. The van der Waals surface area contributed by atoms with E-state index >= 15 is 0 Å². The zero-order valence-corrected chi connectivity index (χ0v) is 15.7. The molecule has 1 aromatic carbocycles. The Morgan fingerprint density at radius 1 is 1.12 bits per heavy atom. The fraction of sp³-hybridized carbons (Fsp3) is 0.476. The summed E-state index contributed by atoms with van der Waals surface area (Å²) in [6.45, 7) is 6.19.